The minimum Gasteiger partial charge on any atom is -0.361 e. The third-order valence-corrected chi connectivity index (χ3v) is 6.92. The highest BCUT2D eigenvalue weighted by atomic mass is 32.1. The molecule has 2 N–H and O–H groups in total. The normalized spacial score (nSPS) is 16.2. The van der Waals surface area contributed by atoms with Gasteiger partial charge in [0.2, 0.25) is 12.3 Å². The molecule has 0 fully saturated rings. The summed E-state index contributed by atoms with van der Waals surface area (Å²) in [4.78, 5) is 41.8. The van der Waals surface area contributed by atoms with Gasteiger partial charge in [0.25, 0.3) is 5.91 Å². The first-order valence-corrected chi connectivity index (χ1v) is 12.1. The number of aliphatic hydroxyl groups excluding tert-OH is 1. The molecule has 0 spiro atoms. The van der Waals surface area contributed by atoms with Crippen molar-refractivity contribution in [1.29, 1.82) is 0 Å². The zero-order chi connectivity index (χ0) is 26.4. The average molecular weight is 527 g/mol. The Hall–Kier alpha value is -4.17. The number of aryl methyl sites for hydroxylation is 2. The number of fused-ring (bicyclic) bond motifs is 1. The zero-order valence-corrected chi connectivity index (χ0v) is 21.2. The average Bonchev–Trinajstić information content (AvgIpc) is 3.61. The molecule has 37 heavy (non-hydrogen) atoms. The van der Waals surface area contributed by atoms with Gasteiger partial charge in [-0.3, -0.25) is 19.5 Å². The Morgan fingerprint density at radius 3 is 2.81 bits per heavy atom. The molecular weight excluding hydrogens is 503 g/mol. The van der Waals surface area contributed by atoms with E-state index in [4.69, 9.17) is 4.52 Å². The molecule has 2 atom stereocenters. The standard InChI is InChI=1S/C23H23FN8O4S/c1-11-5-15(29-36-11)8-31-22(34)18-19(30(4)23(31)35)26-10-32(18)13(3)20(33)27-17-9-37-21(28-17)14-6-16(24)12(2)25-7-14/h5-7,9-10,13,23,35H,8H2,1-4H3,(H,27,33)/t13-,23?/m0/s1. The molecular formula is C23H23FN8O4S. The number of amides is 2. The Balaban J connectivity index is 1.36. The SMILES string of the molecule is Cc1cc(CN2C(=O)c3c(ncn3[C@@H](C)C(=O)Nc3csc(-c4cnc(C)c(F)c4)n3)N(C)C2O)no1. The molecule has 4 aromatic heterocycles. The molecule has 0 bridgehead atoms. The van der Waals surface area contributed by atoms with E-state index >= 15 is 0 Å². The van der Waals surface area contributed by atoms with Gasteiger partial charge in [0.15, 0.2) is 11.5 Å². The number of aliphatic hydroxyl groups is 1. The fraction of sp³-hybridized carbons (Fsp3) is 0.304. The van der Waals surface area contributed by atoms with E-state index in [0.29, 0.717) is 22.0 Å². The Morgan fingerprint density at radius 2 is 2.11 bits per heavy atom. The number of carbonyl (C=O) groups excluding carboxylic acids is 2. The number of hydrogen-bond acceptors (Lipinski definition) is 10. The van der Waals surface area contributed by atoms with Crippen molar-refractivity contribution < 1.29 is 23.6 Å². The lowest BCUT2D eigenvalue weighted by molar-refractivity contribution is -0.118. The van der Waals surface area contributed by atoms with E-state index in [1.165, 1.54) is 44.3 Å². The second-order valence-electron chi connectivity index (χ2n) is 8.64. The van der Waals surface area contributed by atoms with E-state index in [1.54, 1.807) is 39.3 Å². The molecule has 12 nitrogen and oxygen atoms in total. The Bertz CT molecular complexity index is 1500. The van der Waals surface area contributed by atoms with Crippen molar-refractivity contribution in [2.24, 2.45) is 0 Å². The van der Waals surface area contributed by atoms with Crippen molar-refractivity contribution >= 4 is 34.8 Å². The smallest absolute Gasteiger partial charge is 0.278 e. The monoisotopic (exact) mass is 526 g/mol. The molecule has 0 radical (unpaired) electrons. The molecule has 1 aliphatic heterocycles. The number of aromatic nitrogens is 5. The highest BCUT2D eigenvalue weighted by Crippen LogP contribution is 2.32. The minimum atomic E-state index is -1.28. The van der Waals surface area contributed by atoms with Gasteiger partial charge in [-0.15, -0.1) is 11.3 Å². The van der Waals surface area contributed by atoms with E-state index in [0.717, 1.165) is 0 Å². The maximum absolute atomic E-state index is 13.9. The van der Waals surface area contributed by atoms with Gasteiger partial charge in [0, 0.05) is 30.3 Å². The van der Waals surface area contributed by atoms with Gasteiger partial charge >= 0.3 is 0 Å². The number of pyridine rings is 1. The van der Waals surface area contributed by atoms with Crippen LogP contribution in [0.4, 0.5) is 16.0 Å². The molecule has 14 heteroatoms. The largest absolute Gasteiger partial charge is 0.361 e. The predicted octanol–water partition coefficient (Wildman–Crippen LogP) is 2.71. The maximum atomic E-state index is 13.9. The van der Waals surface area contributed by atoms with Gasteiger partial charge in [-0.25, -0.2) is 14.4 Å². The quantitative estimate of drug-likeness (QED) is 0.388. The van der Waals surface area contributed by atoms with Crippen molar-refractivity contribution in [2.45, 2.75) is 39.7 Å². The van der Waals surface area contributed by atoms with Crippen LogP contribution in [0.2, 0.25) is 0 Å². The summed E-state index contributed by atoms with van der Waals surface area (Å²) in [5.74, 6) is -0.284. The fourth-order valence-corrected chi connectivity index (χ4v) is 4.67. The van der Waals surface area contributed by atoms with Crippen LogP contribution < -0.4 is 10.2 Å². The topological polar surface area (TPSA) is 143 Å². The van der Waals surface area contributed by atoms with Crippen LogP contribution in [0.5, 0.6) is 0 Å². The Labute approximate surface area is 214 Å². The van der Waals surface area contributed by atoms with E-state index in [9.17, 15) is 19.1 Å². The van der Waals surface area contributed by atoms with Gasteiger partial charge in [-0.2, -0.15) is 0 Å². The first kappa shape index (κ1) is 24.5. The van der Waals surface area contributed by atoms with Crippen LogP contribution in [0.15, 0.2) is 34.6 Å². The minimum absolute atomic E-state index is 0.00292. The summed E-state index contributed by atoms with van der Waals surface area (Å²) < 4.78 is 20.4. The number of halogens is 1. The first-order chi connectivity index (χ1) is 17.6. The molecule has 0 saturated heterocycles. The molecule has 0 aromatic carbocycles. The second-order valence-corrected chi connectivity index (χ2v) is 9.50. The van der Waals surface area contributed by atoms with Crippen LogP contribution in [-0.2, 0) is 11.3 Å². The third kappa shape index (κ3) is 4.44. The van der Waals surface area contributed by atoms with Gasteiger partial charge in [0.1, 0.15) is 34.1 Å². The summed E-state index contributed by atoms with van der Waals surface area (Å²) >= 11 is 1.23. The predicted molar refractivity (Wildman–Crippen MR) is 131 cm³/mol. The summed E-state index contributed by atoms with van der Waals surface area (Å²) in [5.41, 5.74) is 1.41. The van der Waals surface area contributed by atoms with E-state index < -0.39 is 30.0 Å². The Morgan fingerprint density at radius 1 is 1.32 bits per heavy atom. The summed E-state index contributed by atoms with van der Waals surface area (Å²) in [6.07, 6.45) is 1.62. The molecule has 1 unspecified atom stereocenters. The molecule has 1 aliphatic rings. The van der Waals surface area contributed by atoms with Crippen LogP contribution >= 0.6 is 11.3 Å². The number of anilines is 2. The highest BCUT2D eigenvalue weighted by Gasteiger charge is 2.40. The van der Waals surface area contributed by atoms with Crippen molar-refractivity contribution in [1.82, 2.24) is 29.6 Å². The molecule has 0 saturated carbocycles. The van der Waals surface area contributed by atoms with Gasteiger partial charge in [-0.1, -0.05) is 5.16 Å². The van der Waals surface area contributed by atoms with Crippen molar-refractivity contribution in [3.63, 3.8) is 0 Å². The summed E-state index contributed by atoms with van der Waals surface area (Å²) in [6, 6.07) is 2.17. The number of nitrogens with one attached hydrogen (secondary N) is 1. The number of rotatable bonds is 6. The van der Waals surface area contributed by atoms with Crippen LogP contribution in [-0.4, -0.2) is 59.9 Å². The van der Waals surface area contributed by atoms with E-state index in [-0.39, 0.29) is 29.6 Å². The lowest BCUT2D eigenvalue weighted by Crippen LogP contribution is -2.54. The summed E-state index contributed by atoms with van der Waals surface area (Å²) in [7, 11) is 1.60. The first-order valence-electron chi connectivity index (χ1n) is 11.2. The van der Waals surface area contributed by atoms with E-state index in [1.807, 2.05) is 0 Å². The summed E-state index contributed by atoms with van der Waals surface area (Å²) in [5, 5.41) is 19.5. The highest BCUT2D eigenvalue weighted by molar-refractivity contribution is 7.13. The van der Waals surface area contributed by atoms with E-state index in [2.05, 4.69) is 25.4 Å². The van der Waals surface area contributed by atoms with Crippen LogP contribution in [0.25, 0.3) is 10.6 Å². The Kier molecular flexibility index (Phi) is 6.21. The molecule has 5 rings (SSSR count). The van der Waals surface area contributed by atoms with Gasteiger partial charge in [0.05, 0.1) is 18.6 Å². The molecule has 192 valence electrons. The second kappa shape index (κ2) is 9.37. The molecule has 2 amide bonds. The zero-order valence-electron chi connectivity index (χ0n) is 20.3. The maximum Gasteiger partial charge on any atom is 0.278 e. The van der Waals surface area contributed by atoms with Crippen molar-refractivity contribution in [3.8, 4) is 10.6 Å². The molecule has 4 aromatic rings. The number of hydrogen-bond donors (Lipinski definition) is 2. The van der Waals surface area contributed by atoms with Crippen LogP contribution in [0, 0.1) is 19.7 Å². The number of thiazole rings is 1. The number of carbonyl (C=O) groups is 2. The lowest BCUT2D eigenvalue weighted by atomic mass is 10.2. The van der Waals surface area contributed by atoms with Crippen LogP contribution in [0.1, 0.15) is 40.6 Å². The number of nitrogens with zero attached hydrogens (tertiary/aromatic N) is 7. The molecule has 5 heterocycles. The number of imidazole rings is 1. The third-order valence-electron chi connectivity index (χ3n) is 6.03. The van der Waals surface area contributed by atoms with Crippen molar-refractivity contribution in [3.05, 3.63) is 58.7 Å². The summed E-state index contributed by atoms with van der Waals surface area (Å²) in [6.45, 7) is 4.92. The molecule has 0 aliphatic carbocycles. The van der Waals surface area contributed by atoms with Crippen molar-refractivity contribution in [2.75, 3.05) is 17.3 Å². The van der Waals surface area contributed by atoms with Gasteiger partial charge in [-0.05, 0) is 26.8 Å². The lowest BCUT2D eigenvalue weighted by Gasteiger charge is -2.38. The van der Waals surface area contributed by atoms with Crippen LogP contribution in [0.3, 0.4) is 0 Å². The van der Waals surface area contributed by atoms with Gasteiger partial charge < -0.3 is 24.4 Å². The fourth-order valence-electron chi connectivity index (χ4n) is 3.93.